The van der Waals surface area contributed by atoms with Gasteiger partial charge >= 0.3 is 0 Å². The van der Waals surface area contributed by atoms with Crippen LogP contribution >= 0.6 is 0 Å². The maximum Gasteiger partial charge on any atom is 0.217 e. The van der Waals surface area contributed by atoms with E-state index in [1.165, 1.54) is 6.92 Å². The largest absolute Gasteiger partial charge is 0.394 e. The lowest BCUT2D eigenvalue weighted by Gasteiger charge is -2.47. The Morgan fingerprint density at radius 2 is 1.39 bits per heavy atom. The van der Waals surface area contributed by atoms with Crippen LogP contribution in [0.1, 0.15) is 13.8 Å². The predicted molar refractivity (Wildman–Crippen MR) is 111 cm³/mol. The van der Waals surface area contributed by atoms with Crippen molar-refractivity contribution in [3.05, 3.63) is 0 Å². The molecule has 16 nitrogen and oxygen atoms in total. The van der Waals surface area contributed by atoms with Gasteiger partial charge in [0.25, 0.3) is 0 Å². The van der Waals surface area contributed by atoms with Gasteiger partial charge in [0.05, 0.1) is 19.3 Å². The predicted octanol–water partition coefficient (Wildman–Crippen LogP) is -6.40. The maximum absolute atomic E-state index is 11.7. The highest BCUT2D eigenvalue weighted by Gasteiger charge is 2.51. The van der Waals surface area contributed by atoms with Crippen LogP contribution in [-0.2, 0) is 28.5 Å². The fourth-order valence-electron chi connectivity index (χ4n) is 4.30. The molecule has 210 valence electrons. The highest BCUT2D eigenvalue weighted by molar-refractivity contribution is 5.73. The second kappa shape index (κ2) is 12.2. The van der Waals surface area contributed by atoms with Gasteiger partial charge in [-0.25, -0.2) is 0 Å². The molecule has 15 atom stereocenters. The van der Waals surface area contributed by atoms with Gasteiger partial charge in [0.2, 0.25) is 5.91 Å². The summed E-state index contributed by atoms with van der Waals surface area (Å²) in [5.41, 5.74) is 0. The second-order valence-electron chi connectivity index (χ2n) is 9.09. The molecule has 0 radical (unpaired) electrons. The molecule has 16 heteroatoms. The van der Waals surface area contributed by atoms with Crippen LogP contribution in [0.4, 0.5) is 0 Å². The van der Waals surface area contributed by atoms with Crippen LogP contribution in [0.2, 0.25) is 0 Å². The van der Waals surface area contributed by atoms with E-state index < -0.39 is 111 Å². The highest BCUT2D eigenvalue weighted by Crippen LogP contribution is 2.30. The normalized spacial score (nSPS) is 50.0. The van der Waals surface area contributed by atoms with Crippen LogP contribution in [0.5, 0.6) is 0 Å². The lowest BCUT2D eigenvalue weighted by Crippen LogP contribution is -2.68. The molecular formula is C20H35NO15. The van der Waals surface area contributed by atoms with Gasteiger partial charge in [0.1, 0.15) is 67.1 Å². The van der Waals surface area contributed by atoms with Crippen molar-refractivity contribution >= 4 is 5.91 Å². The summed E-state index contributed by atoms with van der Waals surface area (Å²) in [5, 5.41) is 93.3. The standard InChI is InChI=1S/C20H35NO15/c1-5-10(24)13(27)15(29)19(33-5)32-4-8-12(26)17(9(18(31)34-8)21-6(2)23)36-20-16(30)14(28)11(25)7(3-22)35-20/h5,7-20,22,24-31H,3-4H2,1-2H3,(H,21,23)/t5-,7+,8+,9+,10+,11-,12+,13+,14-,15-,16+,17+,18?,19+,20-/m0/s1. The van der Waals surface area contributed by atoms with Crippen molar-refractivity contribution in [2.75, 3.05) is 13.2 Å². The lowest BCUT2D eigenvalue weighted by molar-refractivity contribution is -0.347. The molecule has 0 bridgehead atoms. The molecule has 3 rings (SSSR count). The Bertz CT molecular complexity index is 729. The molecule has 0 aromatic rings. The number of carbonyl (C=O) groups is 1. The number of ether oxygens (including phenoxy) is 5. The van der Waals surface area contributed by atoms with Crippen molar-refractivity contribution in [3.63, 3.8) is 0 Å². The Morgan fingerprint density at radius 3 is 2.00 bits per heavy atom. The summed E-state index contributed by atoms with van der Waals surface area (Å²) in [4.78, 5) is 11.7. The summed E-state index contributed by atoms with van der Waals surface area (Å²) in [5.74, 6) is -0.632. The first-order valence-corrected chi connectivity index (χ1v) is 11.4. The molecule has 0 aromatic heterocycles. The molecule has 0 aliphatic carbocycles. The SMILES string of the molecule is CC(=O)N[C@H]1C(O)O[C@H](CO[C@@H]2O[C@@H](C)[C@@H](O)[C@@H](O)[C@@H]2O)[C@@H](O)[C@@H]1O[C@@H]1O[C@H](CO)[C@H](O)[C@H](O)[C@H]1O. The minimum Gasteiger partial charge on any atom is -0.394 e. The van der Waals surface area contributed by atoms with Crippen molar-refractivity contribution in [2.24, 2.45) is 0 Å². The van der Waals surface area contributed by atoms with Gasteiger partial charge in [-0.05, 0) is 6.92 Å². The number of nitrogens with one attached hydrogen (secondary N) is 1. The molecule has 10 N–H and O–H groups in total. The van der Waals surface area contributed by atoms with Gasteiger partial charge in [0, 0.05) is 6.92 Å². The number of rotatable bonds is 7. The molecule has 36 heavy (non-hydrogen) atoms. The van der Waals surface area contributed by atoms with Crippen LogP contribution in [0.3, 0.4) is 0 Å². The Balaban J connectivity index is 1.74. The quantitative estimate of drug-likeness (QED) is 0.147. The Morgan fingerprint density at radius 1 is 0.778 bits per heavy atom. The van der Waals surface area contributed by atoms with E-state index in [-0.39, 0.29) is 0 Å². The molecule has 0 saturated carbocycles. The van der Waals surface area contributed by atoms with E-state index >= 15 is 0 Å². The summed E-state index contributed by atoms with van der Waals surface area (Å²) in [6, 6.07) is -1.39. The number of hydrogen-bond acceptors (Lipinski definition) is 15. The molecule has 0 aromatic carbocycles. The molecule has 3 heterocycles. The number of aliphatic hydroxyl groups excluding tert-OH is 9. The van der Waals surface area contributed by atoms with Crippen LogP contribution in [0.15, 0.2) is 0 Å². The number of amides is 1. The molecule has 1 amide bonds. The second-order valence-corrected chi connectivity index (χ2v) is 9.09. The molecule has 3 aliphatic rings. The van der Waals surface area contributed by atoms with Crippen molar-refractivity contribution in [2.45, 2.75) is 106 Å². The van der Waals surface area contributed by atoms with E-state index in [0.717, 1.165) is 6.92 Å². The van der Waals surface area contributed by atoms with Crippen molar-refractivity contribution in [1.82, 2.24) is 5.32 Å². The Labute approximate surface area is 205 Å². The van der Waals surface area contributed by atoms with Gasteiger partial charge in [-0.2, -0.15) is 0 Å². The van der Waals surface area contributed by atoms with E-state index in [1.807, 2.05) is 0 Å². The number of hydrogen-bond donors (Lipinski definition) is 10. The molecule has 3 aliphatic heterocycles. The third-order valence-corrected chi connectivity index (χ3v) is 6.44. The third-order valence-electron chi connectivity index (χ3n) is 6.44. The minimum atomic E-state index is -1.83. The highest BCUT2D eigenvalue weighted by atomic mass is 16.7. The van der Waals surface area contributed by atoms with Crippen molar-refractivity contribution in [1.29, 1.82) is 0 Å². The van der Waals surface area contributed by atoms with Gasteiger partial charge in [-0.15, -0.1) is 0 Å². The molecule has 3 fully saturated rings. The first kappa shape index (κ1) is 29.5. The first-order chi connectivity index (χ1) is 16.9. The smallest absolute Gasteiger partial charge is 0.217 e. The van der Waals surface area contributed by atoms with Crippen LogP contribution in [0.25, 0.3) is 0 Å². The van der Waals surface area contributed by atoms with Crippen molar-refractivity contribution < 1.29 is 74.4 Å². The van der Waals surface area contributed by atoms with Gasteiger partial charge in [-0.3, -0.25) is 4.79 Å². The lowest BCUT2D eigenvalue weighted by atomic mass is 9.95. The van der Waals surface area contributed by atoms with Crippen LogP contribution in [-0.4, -0.2) is 157 Å². The van der Waals surface area contributed by atoms with Gasteiger partial charge in [0.15, 0.2) is 18.9 Å². The van der Waals surface area contributed by atoms with Crippen LogP contribution < -0.4 is 5.32 Å². The van der Waals surface area contributed by atoms with E-state index in [1.54, 1.807) is 0 Å². The number of aliphatic hydroxyl groups is 9. The number of carbonyl (C=O) groups excluding carboxylic acids is 1. The average Bonchev–Trinajstić information content (AvgIpc) is 2.83. The average molecular weight is 529 g/mol. The molecular weight excluding hydrogens is 494 g/mol. The zero-order chi connectivity index (χ0) is 26.9. The summed E-state index contributed by atoms with van der Waals surface area (Å²) in [6.45, 7) is 1.30. The first-order valence-electron chi connectivity index (χ1n) is 11.4. The van der Waals surface area contributed by atoms with E-state index in [2.05, 4.69) is 5.32 Å². The summed E-state index contributed by atoms with van der Waals surface area (Å²) in [7, 11) is 0. The summed E-state index contributed by atoms with van der Waals surface area (Å²) >= 11 is 0. The zero-order valence-corrected chi connectivity index (χ0v) is 19.5. The summed E-state index contributed by atoms with van der Waals surface area (Å²) < 4.78 is 27.0. The fraction of sp³-hybridized carbons (Fsp3) is 0.950. The molecule has 0 spiro atoms. The van der Waals surface area contributed by atoms with Crippen molar-refractivity contribution in [3.8, 4) is 0 Å². The maximum atomic E-state index is 11.7. The Hall–Kier alpha value is -1.09. The third kappa shape index (κ3) is 6.13. The zero-order valence-electron chi connectivity index (χ0n) is 19.5. The fourth-order valence-corrected chi connectivity index (χ4v) is 4.30. The van der Waals surface area contributed by atoms with Crippen LogP contribution in [0, 0.1) is 0 Å². The minimum absolute atomic E-state index is 0.531. The summed E-state index contributed by atoms with van der Waals surface area (Å²) in [6.07, 6.45) is -21.6. The van der Waals surface area contributed by atoms with Gasteiger partial charge < -0.3 is 75.0 Å². The molecule has 1 unspecified atom stereocenters. The topological polar surface area (TPSA) is 257 Å². The van der Waals surface area contributed by atoms with Gasteiger partial charge in [-0.1, -0.05) is 0 Å². The Kier molecular flexibility index (Phi) is 9.97. The van der Waals surface area contributed by atoms with E-state index in [4.69, 9.17) is 23.7 Å². The van der Waals surface area contributed by atoms with E-state index in [0.29, 0.717) is 0 Å². The monoisotopic (exact) mass is 529 g/mol. The molecule has 3 saturated heterocycles. The van der Waals surface area contributed by atoms with E-state index in [9.17, 15) is 50.8 Å².